The van der Waals surface area contributed by atoms with Crippen molar-refractivity contribution in [3.05, 3.63) is 48.0 Å². The summed E-state index contributed by atoms with van der Waals surface area (Å²) in [7, 11) is 0. The summed E-state index contributed by atoms with van der Waals surface area (Å²) in [6, 6.07) is 8.19. The summed E-state index contributed by atoms with van der Waals surface area (Å²) in [6.45, 7) is 4.13. The van der Waals surface area contributed by atoms with Crippen LogP contribution in [-0.4, -0.2) is 43.4 Å². The van der Waals surface area contributed by atoms with Crippen LogP contribution in [0.15, 0.2) is 41.3 Å². The molecule has 0 atom stereocenters. The van der Waals surface area contributed by atoms with Crippen LogP contribution in [0.25, 0.3) is 28.2 Å². The highest BCUT2D eigenvalue weighted by Crippen LogP contribution is 2.36. The van der Waals surface area contributed by atoms with Gasteiger partial charge in [-0.2, -0.15) is 15.0 Å². The predicted molar refractivity (Wildman–Crippen MR) is 130 cm³/mol. The van der Waals surface area contributed by atoms with E-state index in [9.17, 15) is 4.79 Å². The molecule has 1 aliphatic carbocycles. The number of carbonyl (C=O) groups is 1. The van der Waals surface area contributed by atoms with E-state index in [-0.39, 0.29) is 12.1 Å². The number of nitrogens with one attached hydrogen (secondary N) is 2. The van der Waals surface area contributed by atoms with Crippen molar-refractivity contribution in [1.82, 2.24) is 30.2 Å². The van der Waals surface area contributed by atoms with Gasteiger partial charge in [-0.25, -0.2) is 9.97 Å². The van der Waals surface area contributed by atoms with Gasteiger partial charge in [-0.15, -0.1) is 0 Å². The van der Waals surface area contributed by atoms with Crippen LogP contribution in [0.3, 0.4) is 0 Å². The second-order valence-corrected chi connectivity index (χ2v) is 9.14. The lowest BCUT2D eigenvalue weighted by Gasteiger charge is -2.26. The first kappa shape index (κ1) is 22.5. The van der Waals surface area contributed by atoms with E-state index in [1.54, 1.807) is 23.1 Å². The van der Waals surface area contributed by atoms with Crippen molar-refractivity contribution in [1.29, 1.82) is 5.26 Å². The molecule has 0 bridgehead atoms. The van der Waals surface area contributed by atoms with Crippen LogP contribution in [0.2, 0.25) is 0 Å². The number of fused-ring (bicyclic) bond motifs is 1. The molecule has 35 heavy (non-hydrogen) atoms. The van der Waals surface area contributed by atoms with Crippen LogP contribution in [-0.2, 0) is 4.79 Å². The zero-order valence-corrected chi connectivity index (χ0v) is 19.6. The van der Waals surface area contributed by atoms with Gasteiger partial charge in [0.05, 0.1) is 28.7 Å². The van der Waals surface area contributed by atoms with E-state index in [1.807, 2.05) is 12.1 Å². The Hall–Kier alpha value is -4.26. The summed E-state index contributed by atoms with van der Waals surface area (Å²) in [5.74, 6) is 1.56. The molecule has 2 N–H and O–H groups in total. The summed E-state index contributed by atoms with van der Waals surface area (Å²) in [5.41, 5.74) is 3.70. The molecular formula is C25H26N8O2. The Balaban J connectivity index is 1.45. The summed E-state index contributed by atoms with van der Waals surface area (Å²) in [6.07, 6.45) is 9.53. The minimum absolute atomic E-state index is 0.178. The first-order valence-electron chi connectivity index (χ1n) is 11.7. The smallest absolute Gasteiger partial charge is 0.207 e. The minimum atomic E-state index is 0.178. The Labute approximate surface area is 202 Å². The first-order valence-corrected chi connectivity index (χ1v) is 11.7. The second-order valence-electron chi connectivity index (χ2n) is 9.14. The minimum Gasteiger partial charge on any atom is -0.382 e. The molecule has 4 heterocycles. The number of hydrogen-bond acceptors (Lipinski definition) is 8. The van der Waals surface area contributed by atoms with Crippen LogP contribution in [0.4, 0.5) is 5.69 Å². The SMILES string of the molecule is CC(C)Nc1cc(-n2ncc3cc(C#N)cnc32)ncc1-c1cc(C2CCC(NC=O)CC2)no1. The van der Waals surface area contributed by atoms with Crippen molar-refractivity contribution in [2.45, 2.75) is 57.5 Å². The summed E-state index contributed by atoms with van der Waals surface area (Å²) in [5, 5.41) is 25.1. The maximum Gasteiger partial charge on any atom is 0.207 e. The van der Waals surface area contributed by atoms with Gasteiger partial charge < -0.3 is 15.2 Å². The molecular weight excluding hydrogens is 444 g/mol. The van der Waals surface area contributed by atoms with Crippen LogP contribution in [0.5, 0.6) is 0 Å². The molecule has 0 unspecified atom stereocenters. The van der Waals surface area contributed by atoms with Gasteiger partial charge in [-0.05, 0) is 45.6 Å². The molecule has 1 saturated carbocycles. The topological polar surface area (TPSA) is 135 Å². The molecule has 0 spiro atoms. The maximum absolute atomic E-state index is 10.7. The van der Waals surface area contributed by atoms with Gasteiger partial charge in [0.2, 0.25) is 6.41 Å². The Kier molecular flexibility index (Phi) is 6.14. The van der Waals surface area contributed by atoms with Gasteiger partial charge in [0.1, 0.15) is 6.07 Å². The van der Waals surface area contributed by atoms with Gasteiger partial charge in [0, 0.05) is 47.9 Å². The molecule has 10 heteroatoms. The number of aromatic nitrogens is 5. The van der Waals surface area contributed by atoms with Gasteiger partial charge in [-0.3, -0.25) is 4.79 Å². The lowest BCUT2D eigenvalue weighted by molar-refractivity contribution is -0.110. The number of rotatable bonds is 7. The van der Waals surface area contributed by atoms with Crippen molar-refractivity contribution in [3.8, 4) is 23.2 Å². The summed E-state index contributed by atoms with van der Waals surface area (Å²) in [4.78, 5) is 19.7. The Bertz CT molecular complexity index is 1390. The summed E-state index contributed by atoms with van der Waals surface area (Å²) < 4.78 is 7.42. The Morgan fingerprint density at radius 2 is 1.97 bits per heavy atom. The maximum atomic E-state index is 10.7. The molecule has 4 aromatic rings. The zero-order valence-electron chi connectivity index (χ0n) is 19.6. The second kappa shape index (κ2) is 9.54. The lowest BCUT2D eigenvalue weighted by Crippen LogP contribution is -2.31. The molecule has 1 amide bonds. The van der Waals surface area contributed by atoms with E-state index in [0.29, 0.717) is 28.7 Å². The zero-order chi connectivity index (χ0) is 24.4. The van der Waals surface area contributed by atoms with Crippen LogP contribution in [0, 0.1) is 11.3 Å². The number of hydrogen-bond donors (Lipinski definition) is 2. The molecule has 0 aliphatic heterocycles. The lowest BCUT2D eigenvalue weighted by atomic mass is 9.84. The van der Waals surface area contributed by atoms with E-state index >= 15 is 0 Å². The normalized spacial score (nSPS) is 17.9. The van der Waals surface area contributed by atoms with Gasteiger partial charge in [-0.1, -0.05) is 5.16 Å². The molecule has 0 saturated heterocycles. The first-order chi connectivity index (χ1) is 17.1. The van der Waals surface area contributed by atoms with Gasteiger partial charge in [0.15, 0.2) is 17.2 Å². The van der Waals surface area contributed by atoms with E-state index < -0.39 is 0 Å². The van der Waals surface area contributed by atoms with E-state index in [2.05, 4.69) is 50.8 Å². The van der Waals surface area contributed by atoms with Crippen molar-refractivity contribution in [2.75, 3.05) is 5.32 Å². The third-order valence-electron chi connectivity index (χ3n) is 6.33. The molecule has 5 rings (SSSR count). The van der Waals surface area contributed by atoms with Crippen LogP contribution in [0.1, 0.15) is 56.7 Å². The number of pyridine rings is 2. The number of amides is 1. The van der Waals surface area contributed by atoms with E-state index in [4.69, 9.17) is 9.78 Å². The third-order valence-corrected chi connectivity index (χ3v) is 6.33. The Morgan fingerprint density at radius 3 is 2.71 bits per heavy atom. The summed E-state index contributed by atoms with van der Waals surface area (Å²) >= 11 is 0. The van der Waals surface area contributed by atoms with Crippen LogP contribution >= 0.6 is 0 Å². The molecule has 10 nitrogen and oxygen atoms in total. The fourth-order valence-corrected chi connectivity index (χ4v) is 4.60. The van der Waals surface area contributed by atoms with Crippen molar-refractivity contribution in [3.63, 3.8) is 0 Å². The fraction of sp³-hybridized carbons (Fsp3) is 0.360. The van der Waals surface area contributed by atoms with Crippen molar-refractivity contribution in [2.24, 2.45) is 0 Å². The monoisotopic (exact) mass is 470 g/mol. The molecule has 1 aliphatic rings. The number of carbonyl (C=O) groups excluding carboxylic acids is 1. The highest BCUT2D eigenvalue weighted by molar-refractivity contribution is 5.79. The quantitative estimate of drug-likeness (QED) is 0.388. The molecule has 0 aromatic carbocycles. The van der Waals surface area contributed by atoms with Crippen molar-refractivity contribution >= 4 is 23.1 Å². The van der Waals surface area contributed by atoms with Gasteiger partial charge >= 0.3 is 0 Å². The molecule has 0 radical (unpaired) electrons. The number of anilines is 1. The average molecular weight is 471 g/mol. The Morgan fingerprint density at radius 1 is 1.14 bits per heavy atom. The number of nitriles is 1. The predicted octanol–water partition coefficient (Wildman–Crippen LogP) is 3.93. The third kappa shape index (κ3) is 4.57. The van der Waals surface area contributed by atoms with E-state index in [1.165, 1.54) is 6.20 Å². The van der Waals surface area contributed by atoms with Crippen LogP contribution < -0.4 is 10.6 Å². The largest absolute Gasteiger partial charge is 0.382 e. The standard InChI is InChI=1S/C25H26N8O2/c1-15(2)31-22-9-24(33-25-18(12-30-33)7-16(10-26)11-28-25)27-13-20(22)23-8-21(32-35-23)17-3-5-19(6-4-17)29-14-34/h7-9,11-15,17,19H,3-6H2,1-2H3,(H,27,31)(H,29,34). The highest BCUT2D eigenvalue weighted by Gasteiger charge is 2.25. The fourth-order valence-electron chi connectivity index (χ4n) is 4.60. The molecule has 178 valence electrons. The average Bonchev–Trinajstić information content (AvgIpc) is 3.51. The highest BCUT2D eigenvalue weighted by atomic mass is 16.5. The van der Waals surface area contributed by atoms with E-state index in [0.717, 1.165) is 54.4 Å². The van der Waals surface area contributed by atoms with Crippen molar-refractivity contribution < 1.29 is 9.32 Å². The molecule has 4 aromatic heterocycles. The van der Waals surface area contributed by atoms with Gasteiger partial charge in [0.25, 0.3) is 0 Å². The number of nitrogens with zero attached hydrogens (tertiary/aromatic N) is 6. The molecule has 1 fully saturated rings.